The summed E-state index contributed by atoms with van der Waals surface area (Å²) in [6.07, 6.45) is 2.42. The topological polar surface area (TPSA) is 64.8 Å². The van der Waals surface area contributed by atoms with Gasteiger partial charge in [0.15, 0.2) is 15.5 Å². The minimum absolute atomic E-state index is 0.131. The number of nitrogens with zero attached hydrogens (tertiary/aromatic N) is 3. The lowest BCUT2D eigenvalue weighted by atomic mass is 10.1. The maximum Gasteiger partial charge on any atom is 0.160 e. The van der Waals surface area contributed by atoms with E-state index in [9.17, 15) is 8.42 Å². The smallest absolute Gasteiger partial charge is 0.160 e. The third kappa shape index (κ3) is 2.47. The van der Waals surface area contributed by atoms with Gasteiger partial charge in [-0.3, -0.25) is 0 Å². The molecule has 0 aliphatic carbocycles. The van der Waals surface area contributed by atoms with E-state index in [1.54, 1.807) is 6.20 Å². The first-order valence-corrected chi connectivity index (χ1v) is 8.51. The molecule has 3 rings (SSSR count). The third-order valence-electron chi connectivity index (χ3n) is 3.47. The first-order valence-electron chi connectivity index (χ1n) is 6.15. The molecule has 1 aliphatic heterocycles. The van der Waals surface area contributed by atoms with Crippen LogP contribution in [0.1, 0.15) is 12.2 Å². The average molecular weight is 300 g/mol. The van der Waals surface area contributed by atoms with Crippen LogP contribution in [-0.2, 0) is 22.3 Å². The molecule has 1 atom stereocenters. The molecule has 0 aromatic carbocycles. The van der Waals surface area contributed by atoms with Gasteiger partial charge >= 0.3 is 0 Å². The molecule has 0 bridgehead atoms. The number of sulfone groups is 1. The van der Waals surface area contributed by atoms with Crippen molar-refractivity contribution >= 4 is 32.6 Å². The molecule has 0 N–H and O–H groups in total. The second-order valence-corrected chi connectivity index (χ2v) is 7.38. The fraction of sp³-hybridized carbons (Fsp3) is 0.500. The van der Waals surface area contributed by atoms with E-state index in [-0.39, 0.29) is 17.4 Å². The molecule has 2 aromatic rings. The van der Waals surface area contributed by atoms with Gasteiger partial charge in [0.05, 0.1) is 17.4 Å². The second kappa shape index (κ2) is 4.76. The fourth-order valence-corrected chi connectivity index (χ4v) is 4.63. The van der Waals surface area contributed by atoms with Gasteiger partial charge < -0.3 is 4.57 Å². The summed E-state index contributed by atoms with van der Waals surface area (Å²) in [6.45, 7) is 0.620. The summed E-state index contributed by atoms with van der Waals surface area (Å²) in [5, 5.41) is 0. The van der Waals surface area contributed by atoms with Crippen molar-refractivity contribution in [3.8, 4) is 0 Å². The predicted molar refractivity (Wildman–Crippen MR) is 73.8 cm³/mol. The number of hydrogen-bond donors (Lipinski definition) is 0. The second-order valence-electron chi connectivity index (χ2n) is 4.89. The van der Waals surface area contributed by atoms with Crippen LogP contribution in [0.4, 0.5) is 0 Å². The lowest BCUT2D eigenvalue weighted by Crippen LogP contribution is -2.14. The van der Waals surface area contributed by atoms with E-state index in [4.69, 9.17) is 11.6 Å². The van der Waals surface area contributed by atoms with Crippen molar-refractivity contribution < 1.29 is 8.42 Å². The van der Waals surface area contributed by atoms with E-state index in [1.165, 1.54) is 0 Å². The van der Waals surface area contributed by atoms with Crippen molar-refractivity contribution in [2.75, 3.05) is 11.5 Å². The number of halogens is 1. The summed E-state index contributed by atoms with van der Waals surface area (Å²) in [5.41, 5.74) is 1.58. The number of alkyl halides is 1. The number of imidazole rings is 1. The number of fused-ring (bicyclic) bond motifs is 1. The van der Waals surface area contributed by atoms with Crippen LogP contribution in [-0.4, -0.2) is 34.5 Å². The average Bonchev–Trinajstić information content (AvgIpc) is 2.91. The Labute approximate surface area is 116 Å². The van der Waals surface area contributed by atoms with Gasteiger partial charge in [0, 0.05) is 12.7 Å². The zero-order valence-corrected chi connectivity index (χ0v) is 11.9. The quantitative estimate of drug-likeness (QED) is 0.808. The SMILES string of the molecule is O=S1(=O)CCC(Cn2c(CCl)nc3cccnc32)C1. The molecule has 3 heterocycles. The molecular formula is C12H14ClN3O2S. The number of pyridine rings is 1. The van der Waals surface area contributed by atoms with Crippen LogP contribution in [0.25, 0.3) is 11.2 Å². The Morgan fingerprint density at radius 3 is 3.00 bits per heavy atom. The summed E-state index contributed by atoms with van der Waals surface area (Å²) in [7, 11) is -2.86. The monoisotopic (exact) mass is 299 g/mol. The highest BCUT2D eigenvalue weighted by molar-refractivity contribution is 7.91. The van der Waals surface area contributed by atoms with Crippen LogP contribution in [0, 0.1) is 5.92 Å². The summed E-state index contributed by atoms with van der Waals surface area (Å²) in [6, 6.07) is 3.72. The number of hydrogen-bond acceptors (Lipinski definition) is 4. The van der Waals surface area contributed by atoms with Crippen LogP contribution >= 0.6 is 11.6 Å². The molecule has 0 radical (unpaired) electrons. The Morgan fingerprint density at radius 1 is 1.47 bits per heavy atom. The normalized spacial score (nSPS) is 22.1. The van der Waals surface area contributed by atoms with Crippen LogP contribution in [0.5, 0.6) is 0 Å². The van der Waals surface area contributed by atoms with Crippen LogP contribution < -0.4 is 0 Å². The minimum Gasteiger partial charge on any atom is -0.311 e. The van der Waals surface area contributed by atoms with E-state index in [2.05, 4.69) is 9.97 Å². The van der Waals surface area contributed by atoms with Gasteiger partial charge in [-0.25, -0.2) is 18.4 Å². The fourth-order valence-electron chi connectivity index (χ4n) is 2.57. The summed E-state index contributed by atoms with van der Waals surface area (Å²) in [5.74, 6) is 1.72. The third-order valence-corrected chi connectivity index (χ3v) is 5.55. The Balaban J connectivity index is 1.96. The van der Waals surface area contributed by atoms with Gasteiger partial charge in [0.1, 0.15) is 11.3 Å². The van der Waals surface area contributed by atoms with Crippen LogP contribution in [0.15, 0.2) is 18.3 Å². The molecular weight excluding hydrogens is 286 g/mol. The van der Waals surface area contributed by atoms with E-state index in [0.29, 0.717) is 18.8 Å². The van der Waals surface area contributed by atoms with Gasteiger partial charge in [-0.2, -0.15) is 0 Å². The zero-order chi connectivity index (χ0) is 13.5. The number of rotatable bonds is 3. The van der Waals surface area contributed by atoms with Crippen molar-refractivity contribution in [2.24, 2.45) is 5.92 Å². The standard InChI is InChI=1S/C12H14ClN3O2S/c13-6-11-15-10-2-1-4-14-12(10)16(11)7-9-3-5-19(17,18)8-9/h1-2,4,9H,3,5-8H2. The minimum atomic E-state index is -2.86. The van der Waals surface area contributed by atoms with Crippen molar-refractivity contribution in [1.29, 1.82) is 0 Å². The van der Waals surface area contributed by atoms with Crippen molar-refractivity contribution in [2.45, 2.75) is 18.8 Å². The van der Waals surface area contributed by atoms with Crippen LogP contribution in [0.3, 0.4) is 0 Å². The van der Waals surface area contributed by atoms with Gasteiger partial charge in [-0.1, -0.05) is 0 Å². The van der Waals surface area contributed by atoms with E-state index in [0.717, 1.165) is 17.0 Å². The van der Waals surface area contributed by atoms with Crippen molar-refractivity contribution in [3.05, 3.63) is 24.2 Å². The highest BCUT2D eigenvalue weighted by Crippen LogP contribution is 2.23. The molecule has 2 aromatic heterocycles. The molecule has 1 unspecified atom stereocenters. The van der Waals surface area contributed by atoms with Gasteiger partial charge in [0.25, 0.3) is 0 Å². The first kappa shape index (κ1) is 12.9. The molecule has 1 aliphatic rings. The highest BCUT2D eigenvalue weighted by atomic mass is 35.5. The molecule has 0 amide bonds. The Morgan fingerprint density at radius 2 is 2.32 bits per heavy atom. The Bertz CT molecular complexity index is 711. The molecule has 1 fully saturated rings. The summed E-state index contributed by atoms with van der Waals surface area (Å²) < 4.78 is 25.0. The highest BCUT2D eigenvalue weighted by Gasteiger charge is 2.29. The molecule has 0 spiro atoms. The van der Waals surface area contributed by atoms with Crippen LogP contribution in [0.2, 0.25) is 0 Å². The molecule has 102 valence electrons. The molecule has 19 heavy (non-hydrogen) atoms. The maximum atomic E-state index is 11.5. The summed E-state index contributed by atoms with van der Waals surface area (Å²) >= 11 is 5.92. The zero-order valence-electron chi connectivity index (χ0n) is 10.3. The Kier molecular flexibility index (Phi) is 3.22. The molecule has 7 heteroatoms. The Hall–Kier alpha value is -1.14. The maximum absolute atomic E-state index is 11.5. The molecule has 0 saturated carbocycles. The van der Waals surface area contributed by atoms with Crippen molar-refractivity contribution in [3.63, 3.8) is 0 Å². The van der Waals surface area contributed by atoms with Crippen molar-refractivity contribution in [1.82, 2.24) is 14.5 Å². The first-order chi connectivity index (χ1) is 9.09. The number of aromatic nitrogens is 3. The van der Waals surface area contributed by atoms with E-state index in [1.807, 2.05) is 16.7 Å². The predicted octanol–water partition coefficient (Wildman–Crippen LogP) is 1.60. The van der Waals surface area contributed by atoms with E-state index >= 15 is 0 Å². The van der Waals surface area contributed by atoms with Gasteiger partial charge in [-0.05, 0) is 24.5 Å². The molecule has 5 nitrogen and oxygen atoms in total. The van der Waals surface area contributed by atoms with Gasteiger partial charge in [0.2, 0.25) is 0 Å². The van der Waals surface area contributed by atoms with Gasteiger partial charge in [-0.15, -0.1) is 11.6 Å². The summed E-state index contributed by atoms with van der Waals surface area (Å²) in [4.78, 5) is 8.75. The lowest BCUT2D eigenvalue weighted by molar-refractivity contribution is 0.489. The lowest BCUT2D eigenvalue weighted by Gasteiger charge is -2.11. The molecule has 1 saturated heterocycles. The van der Waals surface area contributed by atoms with E-state index < -0.39 is 9.84 Å². The largest absolute Gasteiger partial charge is 0.311 e.